The summed E-state index contributed by atoms with van der Waals surface area (Å²) in [6, 6.07) is 12.9. The van der Waals surface area contributed by atoms with Crippen LogP contribution in [0.25, 0.3) is 0 Å². The predicted molar refractivity (Wildman–Crippen MR) is 93.3 cm³/mol. The lowest BCUT2D eigenvalue weighted by Crippen LogP contribution is -2.26. The average molecular weight is 436 g/mol. The van der Waals surface area contributed by atoms with Crippen molar-refractivity contribution in [3.05, 3.63) is 56.4 Å². The number of nitrogens with one attached hydrogen (secondary N) is 1. The summed E-state index contributed by atoms with van der Waals surface area (Å²) in [5.74, 6) is 0.684. The molecule has 0 spiro atoms. The molecule has 2 aromatic rings. The molecule has 0 fully saturated rings. The van der Waals surface area contributed by atoms with Gasteiger partial charge >= 0.3 is 0 Å². The molecule has 0 amide bonds. The number of aliphatic hydroxyl groups excluding tert-OH is 1. The normalized spacial score (nSPS) is 12.0. The number of anilines is 1. The summed E-state index contributed by atoms with van der Waals surface area (Å²) in [6.45, 7) is 0.608. The third kappa shape index (κ3) is 5.51. The van der Waals surface area contributed by atoms with Gasteiger partial charge < -0.3 is 15.2 Å². The zero-order valence-corrected chi connectivity index (χ0v) is 15.0. The Labute approximate surface area is 145 Å². The highest BCUT2D eigenvalue weighted by Gasteiger charge is 2.07. The van der Waals surface area contributed by atoms with E-state index in [-0.39, 0.29) is 6.61 Å². The maximum absolute atomic E-state index is 9.93. The van der Waals surface area contributed by atoms with Crippen molar-refractivity contribution >= 4 is 49.1 Å². The van der Waals surface area contributed by atoms with Crippen LogP contribution in [0.3, 0.4) is 0 Å². The van der Waals surface area contributed by atoms with E-state index in [4.69, 9.17) is 16.3 Å². The fraction of sp³-hybridized carbons (Fsp3) is 0.200. The summed E-state index contributed by atoms with van der Waals surface area (Å²) in [5.41, 5.74) is 0.920. The molecular formula is C15H14Br2ClNO2. The number of aliphatic hydroxyl groups is 1. The molecule has 0 radical (unpaired) electrons. The zero-order valence-electron chi connectivity index (χ0n) is 11.0. The van der Waals surface area contributed by atoms with Crippen molar-refractivity contribution in [1.29, 1.82) is 0 Å². The van der Waals surface area contributed by atoms with Crippen molar-refractivity contribution in [2.45, 2.75) is 6.10 Å². The smallest absolute Gasteiger partial charge is 0.119 e. The van der Waals surface area contributed by atoms with Crippen LogP contribution in [0.15, 0.2) is 51.4 Å². The highest BCUT2D eigenvalue weighted by molar-refractivity contribution is 9.11. The highest BCUT2D eigenvalue weighted by atomic mass is 79.9. The number of ether oxygens (including phenoxy) is 1. The first kappa shape index (κ1) is 16.6. The Morgan fingerprint density at radius 1 is 1.14 bits per heavy atom. The Morgan fingerprint density at radius 3 is 2.52 bits per heavy atom. The molecule has 2 aromatic carbocycles. The number of hydrogen-bond donors (Lipinski definition) is 2. The fourth-order valence-electron chi connectivity index (χ4n) is 1.64. The van der Waals surface area contributed by atoms with Gasteiger partial charge in [-0.2, -0.15) is 0 Å². The van der Waals surface area contributed by atoms with E-state index in [1.165, 1.54) is 0 Å². The van der Waals surface area contributed by atoms with Crippen molar-refractivity contribution in [1.82, 2.24) is 0 Å². The molecule has 0 aromatic heterocycles. The minimum absolute atomic E-state index is 0.211. The number of benzene rings is 2. The molecule has 2 N–H and O–H groups in total. The molecule has 3 nitrogen and oxygen atoms in total. The van der Waals surface area contributed by atoms with E-state index in [1.54, 1.807) is 24.3 Å². The maximum Gasteiger partial charge on any atom is 0.119 e. The molecule has 21 heavy (non-hydrogen) atoms. The van der Waals surface area contributed by atoms with E-state index >= 15 is 0 Å². The summed E-state index contributed by atoms with van der Waals surface area (Å²) < 4.78 is 7.42. The molecule has 0 aliphatic rings. The second-order valence-electron chi connectivity index (χ2n) is 4.42. The van der Waals surface area contributed by atoms with Crippen LogP contribution < -0.4 is 10.1 Å². The summed E-state index contributed by atoms with van der Waals surface area (Å²) in [6.07, 6.45) is -0.615. The highest BCUT2D eigenvalue weighted by Crippen LogP contribution is 2.26. The summed E-state index contributed by atoms with van der Waals surface area (Å²) in [7, 11) is 0. The Bertz CT molecular complexity index is 593. The van der Waals surface area contributed by atoms with Crippen LogP contribution in [0, 0.1) is 0 Å². The molecule has 0 heterocycles. The van der Waals surface area contributed by atoms with Gasteiger partial charge in [0, 0.05) is 26.2 Å². The molecule has 0 aliphatic carbocycles. The van der Waals surface area contributed by atoms with E-state index in [0.29, 0.717) is 17.3 Å². The van der Waals surface area contributed by atoms with E-state index in [9.17, 15) is 5.11 Å². The predicted octanol–water partition coefficient (Wildman–Crippen LogP) is 4.72. The van der Waals surface area contributed by atoms with E-state index in [2.05, 4.69) is 37.2 Å². The maximum atomic E-state index is 9.93. The fourth-order valence-corrected chi connectivity index (χ4v) is 2.96. The van der Waals surface area contributed by atoms with Gasteiger partial charge in [-0.05, 0) is 58.4 Å². The first-order valence-electron chi connectivity index (χ1n) is 6.30. The summed E-state index contributed by atoms with van der Waals surface area (Å²) in [4.78, 5) is 0. The van der Waals surface area contributed by atoms with Crippen molar-refractivity contribution in [2.75, 3.05) is 18.5 Å². The van der Waals surface area contributed by atoms with Crippen LogP contribution in [-0.4, -0.2) is 24.4 Å². The van der Waals surface area contributed by atoms with E-state index < -0.39 is 6.10 Å². The Balaban J connectivity index is 1.79. The standard InChI is InChI=1S/C15H14Br2ClNO2/c16-10-1-6-15(14(17)7-10)19-8-12(20)9-21-13-4-2-11(18)3-5-13/h1-7,12,19-20H,8-9H2. The molecule has 1 atom stereocenters. The third-order valence-electron chi connectivity index (χ3n) is 2.72. The Hall–Kier alpha value is -0.750. The molecule has 0 aliphatic heterocycles. The van der Waals surface area contributed by atoms with Crippen LogP contribution in [-0.2, 0) is 0 Å². The van der Waals surface area contributed by atoms with Crippen LogP contribution in [0.4, 0.5) is 5.69 Å². The minimum atomic E-state index is -0.615. The summed E-state index contributed by atoms with van der Waals surface area (Å²) in [5, 5.41) is 13.8. The Kier molecular flexibility index (Phi) is 6.36. The van der Waals surface area contributed by atoms with Crippen molar-refractivity contribution in [3.63, 3.8) is 0 Å². The number of hydrogen-bond acceptors (Lipinski definition) is 3. The molecule has 2 rings (SSSR count). The molecule has 1 unspecified atom stereocenters. The lowest BCUT2D eigenvalue weighted by atomic mass is 10.3. The van der Waals surface area contributed by atoms with Crippen LogP contribution in [0.2, 0.25) is 5.02 Å². The van der Waals surface area contributed by atoms with Gasteiger partial charge in [-0.15, -0.1) is 0 Å². The van der Waals surface area contributed by atoms with Gasteiger partial charge in [0.05, 0.1) is 0 Å². The van der Waals surface area contributed by atoms with Gasteiger partial charge in [0.1, 0.15) is 18.5 Å². The van der Waals surface area contributed by atoms with Crippen molar-refractivity contribution in [2.24, 2.45) is 0 Å². The van der Waals surface area contributed by atoms with Gasteiger partial charge in [-0.3, -0.25) is 0 Å². The quantitative estimate of drug-likeness (QED) is 0.690. The largest absolute Gasteiger partial charge is 0.491 e. The van der Waals surface area contributed by atoms with Gasteiger partial charge in [0.2, 0.25) is 0 Å². The van der Waals surface area contributed by atoms with E-state index in [0.717, 1.165) is 14.6 Å². The van der Waals surface area contributed by atoms with Crippen LogP contribution >= 0.6 is 43.5 Å². The monoisotopic (exact) mass is 433 g/mol. The zero-order chi connectivity index (χ0) is 15.2. The lowest BCUT2D eigenvalue weighted by molar-refractivity contribution is 0.117. The van der Waals surface area contributed by atoms with Gasteiger partial charge in [-0.1, -0.05) is 27.5 Å². The first-order chi connectivity index (χ1) is 10.0. The topological polar surface area (TPSA) is 41.5 Å². The second kappa shape index (κ2) is 8.03. The molecule has 0 saturated heterocycles. The SMILES string of the molecule is OC(CNc1ccc(Br)cc1Br)COc1ccc(Cl)cc1. The average Bonchev–Trinajstić information content (AvgIpc) is 2.46. The van der Waals surface area contributed by atoms with Crippen LogP contribution in [0.1, 0.15) is 0 Å². The summed E-state index contributed by atoms with van der Waals surface area (Å²) >= 11 is 12.7. The van der Waals surface area contributed by atoms with Crippen LogP contribution in [0.5, 0.6) is 5.75 Å². The number of halogens is 3. The molecule has 112 valence electrons. The first-order valence-corrected chi connectivity index (χ1v) is 8.26. The Morgan fingerprint density at radius 2 is 1.86 bits per heavy atom. The van der Waals surface area contributed by atoms with Crippen molar-refractivity contribution in [3.8, 4) is 5.75 Å². The lowest BCUT2D eigenvalue weighted by Gasteiger charge is -2.15. The number of rotatable bonds is 6. The molecule has 6 heteroatoms. The van der Waals surface area contributed by atoms with E-state index in [1.807, 2.05) is 18.2 Å². The third-order valence-corrected chi connectivity index (χ3v) is 4.12. The molecule has 0 saturated carbocycles. The van der Waals surface area contributed by atoms with Crippen molar-refractivity contribution < 1.29 is 9.84 Å². The van der Waals surface area contributed by atoms with Gasteiger partial charge in [0.15, 0.2) is 0 Å². The van der Waals surface area contributed by atoms with Gasteiger partial charge in [0.25, 0.3) is 0 Å². The molecule has 0 bridgehead atoms. The second-order valence-corrected chi connectivity index (χ2v) is 6.63. The van der Waals surface area contributed by atoms with Gasteiger partial charge in [-0.25, -0.2) is 0 Å². The minimum Gasteiger partial charge on any atom is -0.491 e. The molecular weight excluding hydrogens is 421 g/mol.